The smallest absolute Gasteiger partial charge is 0.324 e. The van der Waals surface area contributed by atoms with Crippen LogP contribution < -0.4 is 0 Å². The monoisotopic (exact) mass is 201 g/mol. The van der Waals surface area contributed by atoms with E-state index in [-0.39, 0.29) is 0 Å². The highest BCUT2D eigenvalue weighted by molar-refractivity contribution is 5.98. The van der Waals surface area contributed by atoms with Crippen molar-refractivity contribution < 1.29 is 29.3 Å². The minimum atomic E-state index is -2.10. The van der Waals surface area contributed by atoms with Gasteiger partial charge in [-0.3, -0.25) is 14.4 Å². The molecule has 0 amide bonds. The highest BCUT2D eigenvalue weighted by Crippen LogP contribution is 2.13. The molecule has 1 unspecified atom stereocenters. The predicted molar refractivity (Wildman–Crippen MR) is 39.9 cm³/mol. The summed E-state index contributed by atoms with van der Waals surface area (Å²) >= 11 is 0. The van der Waals surface area contributed by atoms with E-state index in [9.17, 15) is 14.4 Å². The molecule has 0 rings (SSSR count). The van der Waals surface area contributed by atoms with Gasteiger partial charge < -0.3 is 14.9 Å². The lowest BCUT2D eigenvalue weighted by Crippen LogP contribution is -2.35. The fourth-order valence-electron chi connectivity index (χ4n) is 0.781. The molecule has 1 atom stereocenters. The summed E-state index contributed by atoms with van der Waals surface area (Å²) in [5, 5.41) is 25.3. The second-order valence-electron chi connectivity index (χ2n) is 2.28. The van der Waals surface area contributed by atoms with Crippen LogP contribution in [0.5, 0.6) is 0 Å². The number of nitriles is 1. The average molecular weight is 201 g/mol. The number of carboxylic acids is 2. The third-order valence-electron chi connectivity index (χ3n) is 1.46. The number of methoxy groups -OCH3 is 1. The maximum Gasteiger partial charge on any atom is 0.324 e. The number of hydrogen-bond donors (Lipinski definition) is 2. The Morgan fingerprint density at radius 3 is 1.93 bits per heavy atom. The summed E-state index contributed by atoms with van der Waals surface area (Å²) in [6.45, 7) is 0. The number of carbonyl (C=O) groups is 3. The molecule has 0 aliphatic rings. The summed E-state index contributed by atoms with van der Waals surface area (Å²) in [5.41, 5.74) is 0. The van der Waals surface area contributed by atoms with Crippen molar-refractivity contribution in [3.63, 3.8) is 0 Å². The molecule has 0 aliphatic heterocycles. The van der Waals surface area contributed by atoms with Gasteiger partial charge in [-0.1, -0.05) is 0 Å². The minimum Gasteiger partial charge on any atom is -0.481 e. The van der Waals surface area contributed by atoms with Crippen molar-refractivity contribution in [1.29, 1.82) is 5.26 Å². The van der Waals surface area contributed by atoms with Crippen LogP contribution in [-0.4, -0.2) is 35.2 Å². The molecular formula is C7H7NO6. The van der Waals surface area contributed by atoms with Crippen LogP contribution in [0.1, 0.15) is 0 Å². The summed E-state index contributed by atoms with van der Waals surface area (Å²) in [6.07, 6.45) is 0. The quantitative estimate of drug-likeness (QED) is 0.445. The molecule has 76 valence electrons. The van der Waals surface area contributed by atoms with E-state index in [0.29, 0.717) is 0 Å². The van der Waals surface area contributed by atoms with Gasteiger partial charge in [0.15, 0.2) is 11.8 Å². The minimum absolute atomic E-state index is 0.938. The molecule has 0 aromatic carbocycles. The van der Waals surface area contributed by atoms with Gasteiger partial charge in [0.1, 0.15) is 0 Å². The van der Waals surface area contributed by atoms with Gasteiger partial charge >= 0.3 is 17.9 Å². The molecule has 0 saturated carbocycles. The highest BCUT2D eigenvalue weighted by atomic mass is 16.5. The van der Waals surface area contributed by atoms with E-state index in [1.807, 2.05) is 0 Å². The average Bonchev–Trinajstić information content (AvgIpc) is 2.11. The molecule has 7 nitrogen and oxygen atoms in total. The van der Waals surface area contributed by atoms with Crippen molar-refractivity contribution in [2.75, 3.05) is 7.11 Å². The van der Waals surface area contributed by atoms with Gasteiger partial charge in [-0.05, 0) is 0 Å². The number of ether oxygens (including phenoxy) is 1. The molecule has 0 aliphatic carbocycles. The Kier molecular flexibility index (Phi) is 4.09. The fraction of sp³-hybridized carbons (Fsp3) is 0.429. The number of hydrogen-bond acceptors (Lipinski definition) is 5. The van der Waals surface area contributed by atoms with Crippen LogP contribution in [0.2, 0.25) is 0 Å². The van der Waals surface area contributed by atoms with E-state index >= 15 is 0 Å². The second kappa shape index (κ2) is 4.81. The van der Waals surface area contributed by atoms with Gasteiger partial charge in [-0.25, -0.2) is 0 Å². The molecule has 2 N–H and O–H groups in total. The number of carboxylic acid groups (broad SMARTS) is 2. The van der Waals surface area contributed by atoms with Crippen molar-refractivity contribution in [3.05, 3.63) is 0 Å². The predicted octanol–water partition coefficient (Wildman–Crippen LogP) is -0.915. The molecule has 0 aromatic rings. The van der Waals surface area contributed by atoms with E-state index in [2.05, 4.69) is 4.74 Å². The zero-order chi connectivity index (χ0) is 11.3. The number of aliphatic carboxylic acids is 2. The van der Waals surface area contributed by atoms with Gasteiger partial charge in [0, 0.05) is 0 Å². The maximum atomic E-state index is 10.8. The van der Waals surface area contributed by atoms with Crippen molar-refractivity contribution >= 4 is 17.9 Å². The molecule has 0 aromatic heterocycles. The van der Waals surface area contributed by atoms with E-state index in [4.69, 9.17) is 15.5 Å². The Morgan fingerprint density at radius 1 is 1.29 bits per heavy atom. The van der Waals surface area contributed by atoms with Crippen LogP contribution in [0, 0.1) is 23.2 Å². The summed E-state index contributed by atoms with van der Waals surface area (Å²) in [6, 6.07) is 1.28. The molecular weight excluding hydrogens is 194 g/mol. The first-order valence-corrected chi connectivity index (χ1v) is 3.38. The lowest BCUT2D eigenvalue weighted by atomic mass is 9.94. The first-order valence-electron chi connectivity index (χ1n) is 3.38. The first-order chi connectivity index (χ1) is 6.45. The van der Waals surface area contributed by atoms with Crippen LogP contribution in [0.15, 0.2) is 0 Å². The van der Waals surface area contributed by atoms with E-state index in [0.717, 1.165) is 7.11 Å². The Hall–Kier alpha value is -2.10. The second-order valence-corrected chi connectivity index (χ2v) is 2.28. The standard InChI is InChI=1S/C7H7NO6/c1-14-7(13)3(2-8)4(5(9)10)6(11)12/h3-4H,1H3,(H,9,10)(H,11,12). The maximum absolute atomic E-state index is 10.8. The topological polar surface area (TPSA) is 125 Å². The van der Waals surface area contributed by atoms with Crippen LogP contribution in [-0.2, 0) is 19.1 Å². The van der Waals surface area contributed by atoms with E-state index in [1.165, 1.54) is 6.07 Å². The van der Waals surface area contributed by atoms with Gasteiger partial charge in [0.2, 0.25) is 0 Å². The van der Waals surface area contributed by atoms with E-state index < -0.39 is 29.7 Å². The molecule has 0 spiro atoms. The molecule has 0 fully saturated rings. The van der Waals surface area contributed by atoms with E-state index in [1.54, 1.807) is 0 Å². The molecule has 0 bridgehead atoms. The molecule has 7 heteroatoms. The van der Waals surface area contributed by atoms with Crippen LogP contribution in [0.3, 0.4) is 0 Å². The number of esters is 1. The molecule has 14 heavy (non-hydrogen) atoms. The fourth-order valence-corrected chi connectivity index (χ4v) is 0.781. The van der Waals surface area contributed by atoms with Gasteiger partial charge in [-0.2, -0.15) is 5.26 Å². The summed E-state index contributed by atoms with van der Waals surface area (Å²) < 4.78 is 4.10. The zero-order valence-corrected chi connectivity index (χ0v) is 7.13. The van der Waals surface area contributed by atoms with Crippen molar-refractivity contribution in [2.45, 2.75) is 0 Å². The third kappa shape index (κ3) is 2.45. The van der Waals surface area contributed by atoms with Crippen LogP contribution in [0.25, 0.3) is 0 Å². The molecule has 0 heterocycles. The summed E-state index contributed by atoms with van der Waals surface area (Å²) in [7, 11) is 0.938. The summed E-state index contributed by atoms with van der Waals surface area (Å²) in [4.78, 5) is 31.7. The largest absolute Gasteiger partial charge is 0.481 e. The Morgan fingerprint density at radius 2 is 1.71 bits per heavy atom. The van der Waals surface area contributed by atoms with Crippen molar-refractivity contribution in [3.8, 4) is 6.07 Å². The third-order valence-corrected chi connectivity index (χ3v) is 1.46. The SMILES string of the molecule is COC(=O)C(C#N)C(C(=O)O)C(=O)O. The number of carbonyl (C=O) groups excluding carboxylic acids is 1. The summed E-state index contributed by atoms with van der Waals surface area (Å²) in [5.74, 6) is -8.63. The normalized spacial score (nSPS) is 11.5. The first kappa shape index (κ1) is 11.9. The van der Waals surface area contributed by atoms with Crippen molar-refractivity contribution in [2.24, 2.45) is 11.8 Å². The van der Waals surface area contributed by atoms with Crippen molar-refractivity contribution in [1.82, 2.24) is 0 Å². The van der Waals surface area contributed by atoms with Crippen LogP contribution >= 0.6 is 0 Å². The molecule has 0 saturated heterocycles. The Balaban J connectivity index is 4.98. The Bertz CT molecular complexity index is 290. The van der Waals surface area contributed by atoms with Gasteiger partial charge in [0.25, 0.3) is 0 Å². The van der Waals surface area contributed by atoms with Gasteiger partial charge in [-0.15, -0.1) is 0 Å². The lowest BCUT2D eigenvalue weighted by molar-refractivity contribution is -0.163. The highest BCUT2D eigenvalue weighted by Gasteiger charge is 2.40. The van der Waals surface area contributed by atoms with Gasteiger partial charge in [0.05, 0.1) is 13.2 Å². The number of nitrogens with zero attached hydrogens (tertiary/aromatic N) is 1. The molecule has 0 radical (unpaired) electrons. The number of rotatable bonds is 4. The Labute approximate surface area is 78.5 Å². The lowest BCUT2D eigenvalue weighted by Gasteiger charge is -2.10. The van der Waals surface area contributed by atoms with Crippen LogP contribution in [0.4, 0.5) is 0 Å². The zero-order valence-electron chi connectivity index (χ0n) is 7.13.